The number of aryl methyl sites for hydroxylation is 1. The second kappa shape index (κ2) is 6.44. The van der Waals surface area contributed by atoms with E-state index in [1.54, 1.807) is 12.1 Å². The third-order valence-corrected chi connectivity index (χ3v) is 6.87. The normalized spacial score (nSPS) is 23.8. The van der Waals surface area contributed by atoms with Gasteiger partial charge in [-0.3, -0.25) is 0 Å². The summed E-state index contributed by atoms with van der Waals surface area (Å²) in [5, 5.41) is 3.29. The summed E-state index contributed by atoms with van der Waals surface area (Å²) in [6, 6.07) is 3.52. The molecule has 1 aromatic rings. The van der Waals surface area contributed by atoms with Crippen LogP contribution in [0.1, 0.15) is 25.3 Å². The predicted molar refractivity (Wildman–Crippen MR) is 87.4 cm³/mol. The molecule has 2 atom stereocenters. The number of hydrogen-bond acceptors (Lipinski definition) is 3. The van der Waals surface area contributed by atoms with E-state index in [9.17, 15) is 8.42 Å². The minimum Gasteiger partial charge on any atom is -0.313 e. The molecule has 1 fully saturated rings. The van der Waals surface area contributed by atoms with Crippen LogP contribution in [0.2, 0.25) is 0 Å². The summed E-state index contributed by atoms with van der Waals surface area (Å²) in [5.41, 5.74) is 0.989. The molecule has 0 amide bonds. The zero-order chi connectivity index (χ0) is 14.9. The molecule has 1 heterocycles. The van der Waals surface area contributed by atoms with E-state index < -0.39 is 10.0 Å². The number of nitrogens with one attached hydrogen (secondary N) is 2. The largest absolute Gasteiger partial charge is 0.313 e. The number of sulfonamides is 1. The Morgan fingerprint density at radius 1 is 1.30 bits per heavy atom. The van der Waals surface area contributed by atoms with E-state index in [1.807, 2.05) is 13.8 Å². The molecule has 1 aliphatic heterocycles. The van der Waals surface area contributed by atoms with Gasteiger partial charge in [-0.25, -0.2) is 13.1 Å². The van der Waals surface area contributed by atoms with Crippen molar-refractivity contribution >= 4 is 41.9 Å². The minimum absolute atomic E-state index is 0.0688. The molecule has 1 aromatic carbocycles. The standard InChI is InChI=1S/C13H18Br2N2O2S/c1-8-6-11(15)13(7-10(8)14)20(18,19)17-12-4-3-5-16-9(12)2/h6-7,9,12,16-17H,3-5H2,1-2H3. The average molecular weight is 426 g/mol. The van der Waals surface area contributed by atoms with Crippen LogP contribution in [0.4, 0.5) is 0 Å². The number of halogens is 2. The number of piperidine rings is 1. The molecule has 0 saturated carbocycles. The van der Waals surface area contributed by atoms with Crippen LogP contribution in [0.5, 0.6) is 0 Å². The van der Waals surface area contributed by atoms with Gasteiger partial charge in [0.25, 0.3) is 0 Å². The van der Waals surface area contributed by atoms with E-state index >= 15 is 0 Å². The summed E-state index contributed by atoms with van der Waals surface area (Å²) in [5.74, 6) is 0. The zero-order valence-corrected chi connectivity index (χ0v) is 15.4. The Morgan fingerprint density at radius 3 is 2.65 bits per heavy atom. The van der Waals surface area contributed by atoms with Crippen LogP contribution in [0.25, 0.3) is 0 Å². The van der Waals surface area contributed by atoms with Gasteiger partial charge in [-0.2, -0.15) is 0 Å². The van der Waals surface area contributed by atoms with Gasteiger partial charge in [0, 0.05) is 21.0 Å². The Labute approximate surface area is 137 Å². The highest BCUT2D eigenvalue weighted by Crippen LogP contribution is 2.29. The van der Waals surface area contributed by atoms with Gasteiger partial charge in [-0.15, -0.1) is 0 Å². The van der Waals surface area contributed by atoms with Gasteiger partial charge in [0.05, 0.1) is 4.90 Å². The average Bonchev–Trinajstić information content (AvgIpc) is 2.36. The molecule has 0 spiro atoms. The lowest BCUT2D eigenvalue weighted by atomic mass is 10.0. The van der Waals surface area contributed by atoms with Crippen LogP contribution in [0.15, 0.2) is 26.0 Å². The fraction of sp³-hybridized carbons (Fsp3) is 0.538. The highest BCUT2D eigenvalue weighted by Gasteiger charge is 2.28. The predicted octanol–water partition coefficient (Wildman–Crippen LogP) is 2.94. The fourth-order valence-electron chi connectivity index (χ4n) is 2.30. The van der Waals surface area contributed by atoms with E-state index in [2.05, 4.69) is 41.9 Å². The zero-order valence-electron chi connectivity index (χ0n) is 11.4. The molecule has 4 nitrogen and oxygen atoms in total. The van der Waals surface area contributed by atoms with Crippen LogP contribution in [-0.2, 0) is 10.0 Å². The van der Waals surface area contributed by atoms with Crippen LogP contribution in [0.3, 0.4) is 0 Å². The van der Waals surface area contributed by atoms with Gasteiger partial charge in [0.2, 0.25) is 10.0 Å². The lowest BCUT2D eigenvalue weighted by Gasteiger charge is -2.30. The molecular weight excluding hydrogens is 408 g/mol. The van der Waals surface area contributed by atoms with Crippen LogP contribution in [-0.4, -0.2) is 27.0 Å². The van der Waals surface area contributed by atoms with Crippen molar-refractivity contribution in [3.05, 3.63) is 26.6 Å². The molecule has 2 rings (SSSR count). The number of rotatable bonds is 3. The van der Waals surface area contributed by atoms with E-state index in [4.69, 9.17) is 0 Å². The molecule has 20 heavy (non-hydrogen) atoms. The van der Waals surface area contributed by atoms with Crippen molar-refractivity contribution in [2.45, 2.75) is 43.7 Å². The summed E-state index contributed by atoms with van der Waals surface area (Å²) in [6.07, 6.45) is 1.84. The van der Waals surface area contributed by atoms with Gasteiger partial charge in [0.1, 0.15) is 0 Å². The molecule has 2 N–H and O–H groups in total. The Balaban J connectivity index is 2.28. The lowest BCUT2D eigenvalue weighted by Crippen LogP contribution is -2.51. The van der Waals surface area contributed by atoms with E-state index in [-0.39, 0.29) is 17.0 Å². The first-order valence-electron chi connectivity index (χ1n) is 6.52. The Kier molecular flexibility index (Phi) is 5.29. The van der Waals surface area contributed by atoms with Gasteiger partial charge < -0.3 is 5.32 Å². The van der Waals surface area contributed by atoms with E-state index in [1.165, 1.54) is 0 Å². The molecule has 2 unspecified atom stereocenters. The molecule has 7 heteroatoms. The summed E-state index contributed by atoms with van der Waals surface area (Å²) in [4.78, 5) is 0.271. The molecule has 0 aromatic heterocycles. The topological polar surface area (TPSA) is 58.2 Å². The maximum Gasteiger partial charge on any atom is 0.242 e. The van der Waals surface area contributed by atoms with Crippen LogP contribution < -0.4 is 10.0 Å². The monoisotopic (exact) mass is 424 g/mol. The van der Waals surface area contributed by atoms with Crippen molar-refractivity contribution in [1.29, 1.82) is 0 Å². The van der Waals surface area contributed by atoms with Crippen molar-refractivity contribution < 1.29 is 8.42 Å². The van der Waals surface area contributed by atoms with Crippen molar-refractivity contribution in [3.8, 4) is 0 Å². The summed E-state index contributed by atoms with van der Waals surface area (Å²) in [6.45, 7) is 4.87. The second-order valence-electron chi connectivity index (χ2n) is 5.14. The van der Waals surface area contributed by atoms with Crippen molar-refractivity contribution in [1.82, 2.24) is 10.0 Å². The molecule has 1 saturated heterocycles. The molecule has 0 aliphatic carbocycles. The third kappa shape index (κ3) is 3.62. The van der Waals surface area contributed by atoms with Gasteiger partial charge in [-0.1, -0.05) is 15.9 Å². The number of hydrogen-bond donors (Lipinski definition) is 2. The first kappa shape index (κ1) is 16.4. The molecule has 1 aliphatic rings. The fourth-order valence-corrected chi connectivity index (χ4v) is 5.33. The molecule has 112 valence electrons. The minimum atomic E-state index is -3.53. The first-order valence-corrected chi connectivity index (χ1v) is 9.59. The highest BCUT2D eigenvalue weighted by atomic mass is 79.9. The second-order valence-corrected chi connectivity index (χ2v) is 8.54. The summed E-state index contributed by atoms with van der Waals surface area (Å²) < 4.78 is 29.3. The maximum atomic E-state index is 12.5. The summed E-state index contributed by atoms with van der Waals surface area (Å²) >= 11 is 6.73. The lowest BCUT2D eigenvalue weighted by molar-refractivity contribution is 0.348. The van der Waals surface area contributed by atoms with E-state index in [0.29, 0.717) is 4.47 Å². The van der Waals surface area contributed by atoms with Gasteiger partial charge in [0.15, 0.2) is 0 Å². The molecule has 0 radical (unpaired) electrons. The molecule has 0 bridgehead atoms. The molecular formula is C13H18Br2N2O2S. The Hall–Kier alpha value is 0.0500. The smallest absolute Gasteiger partial charge is 0.242 e. The number of benzene rings is 1. The van der Waals surface area contributed by atoms with Crippen molar-refractivity contribution in [3.63, 3.8) is 0 Å². The van der Waals surface area contributed by atoms with Crippen LogP contribution in [0, 0.1) is 6.92 Å². The van der Waals surface area contributed by atoms with Crippen molar-refractivity contribution in [2.75, 3.05) is 6.54 Å². The Morgan fingerprint density at radius 2 is 2.00 bits per heavy atom. The van der Waals surface area contributed by atoms with Crippen LogP contribution >= 0.6 is 31.9 Å². The van der Waals surface area contributed by atoms with Gasteiger partial charge in [-0.05, 0) is 66.9 Å². The van der Waals surface area contributed by atoms with Gasteiger partial charge >= 0.3 is 0 Å². The third-order valence-electron chi connectivity index (χ3n) is 3.57. The maximum absolute atomic E-state index is 12.5. The first-order chi connectivity index (χ1) is 9.31. The quantitative estimate of drug-likeness (QED) is 0.782. The van der Waals surface area contributed by atoms with E-state index in [0.717, 1.165) is 29.4 Å². The SMILES string of the molecule is Cc1cc(Br)c(S(=O)(=O)NC2CCCNC2C)cc1Br. The highest BCUT2D eigenvalue weighted by molar-refractivity contribution is 9.11. The van der Waals surface area contributed by atoms with Crippen molar-refractivity contribution in [2.24, 2.45) is 0 Å². The Bertz CT molecular complexity index is 605. The summed E-state index contributed by atoms with van der Waals surface area (Å²) in [7, 11) is -3.53.